The second-order valence-corrected chi connectivity index (χ2v) is 6.82. The van der Waals surface area contributed by atoms with Crippen molar-refractivity contribution in [2.24, 2.45) is 0 Å². The summed E-state index contributed by atoms with van der Waals surface area (Å²) in [6.45, 7) is 3.98. The molecule has 0 fully saturated rings. The molecule has 0 saturated heterocycles. The monoisotopic (exact) mass is 305 g/mol. The summed E-state index contributed by atoms with van der Waals surface area (Å²) in [6.07, 6.45) is 0. The summed E-state index contributed by atoms with van der Waals surface area (Å²) in [4.78, 5) is 0.129. The molecule has 5 nitrogen and oxygen atoms in total. The first-order valence-electron chi connectivity index (χ1n) is 6.50. The summed E-state index contributed by atoms with van der Waals surface area (Å²) >= 11 is 0. The summed E-state index contributed by atoms with van der Waals surface area (Å²) in [5.74, 6) is 0. The number of rotatable bonds is 4. The first kappa shape index (κ1) is 15.3. The van der Waals surface area contributed by atoms with Gasteiger partial charge in [0, 0.05) is 11.4 Å². The van der Waals surface area contributed by atoms with E-state index in [0.29, 0.717) is 11.4 Å². The zero-order valence-electron chi connectivity index (χ0n) is 12.3. The van der Waals surface area contributed by atoms with Crippen molar-refractivity contribution in [3.05, 3.63) is 47.5 Å². The number of benzene rings is 2. The third-order valence-corrected chi connectivity index (χ3v) is 4.52. The smallest absolute Gasteiger partial charge is 0.242 e. The van der Waals surface area contributed by atoms with Gasteiger partial charge in [-0.05, 0) is 62.4 Å². The van der Waals surface area contributed by atoms with Crippen LogP contribution in [0.25, 0.3) is 0 Å². The van der Waals surface area contributed by atoms with Crippen molar-refractivity contribution < 1.29 is 8.42 Å². The molecule has 21 heavy (non-hydrogen) atoms. The Labute approximate surface area is 125 Å². The third kappa shape index (κ3) is 3.53. The molecule has 0 spiro atoms. The van der Waals surface area contributed by atoms with E-state index in [1.807, 2.05) is 26.0 Å². The van der Waals surface area contributed by atoms with Gasteiger partial charge < -0.3 is 11.1 Å². The molecule has 0 saturated carbocycles. The number of anilines is 3. The average molecular weight is 305 g/mol. The molecule has 0 atom stereocenters. The molecule has 0 aromatic heterocycles. The number of nitrogens with one attached hydrogen (secondary N) is 2. The Hall–Kier alpha value is -2.05. The summed E-state index contributed by atoms with van der Waals surface area (Å²) in [6, 6.07) is 10.7. The van der Waals surface area contributed by atoms with Gasteiger partial charge in [-0.2, -0.15) is 0 Å². The number of sulfonamides is 1. The highest BCUT2D eigenvalue weighted by Gasteiger charge is 2.17. The highest BCUT2D eigenvalue weighted by molar-refractivity contribution is 7.89. The summed E-state index contributed by atoms with van der Waals surface area (Å²) < 4.78 is 26.5. The van der Waals surface area contributed by atoms with Gasteiger partial charge in [0.25, 0.3) is 0 Å². The predicted molar refractivity (Wildman–Crippen MR) is 86.3 cm³/mol. The van der Waals surface area contributed by atoms with Crippen LogP contribution in [0, 0.1) is 13.8 Å². The van der Waals surface area contributed by atoms with E-state index >= 15 is 0 Å². The SMILES string of the molecule is CNS(=O)(=O)c1cc(N)ccc1Nc1cc(C)cc(C)c1. The Balaban J connectivity index is 2.49. The van der Waals surface area contributed by atoms with Crippen molar-refractivity contribution in [2.75, 3.05) is 18.1 Å². The lowest BCUT2D eigenvalue weighted by Gasteiger charge is -2.14. The highest BCUT2D eigenvalue weighted by Crippen LogP contribution is 2.27. The predicted octanol–water partition coefficient (Wildman–Crippen LogP) is 2.54. The zero-order chi connectivity index (χ0) is 15.6. The van der Waals surface area contributed by atoms with Crippen LogP contribution in [-0.2, 0) is 10.0 Å². The highest BCUT2D eigenvalue weighted by atomic mass is 32.2. The van der Waals surface area contributed by atoms with Gasteiger partial charge in [0.1, 0.15) is 4.90 Å². The van der Waals surface area contributed by atoms with Crippen molar-refractivity contribution in [1.29, 1.82) is 0 Å². The molecular formula is C15H19N3O2S. The fraction of sp³-hybridized carbons (Fsp3) is 0.200. The summed E-state index contributed by atoms with van der Waals surface area (Å²) in [7, 11) is -2.21. The zero-order valence-corrected chi connectivity index (χ0v) is 13.1. The van der Waals surface area contributed by atoms with Crippen molar-refractivity contribution in [1.82, 2.24) is 4.72 Å². The molecule has 112 valence electrons. The minimum Gasteiger partial charge on any atom is -0.399 e. The Bertz CT molecular complexity index is 750. The number of hydrogen-bond donors (Lipinski definition) is 3. The van der Waals surface area contributed by atoms with Crippen LogP contribution in [0.2, 0.25) is 0 Å². The molecule has 0 amide bonds. The van der Waals surface area contributed by atoms with Gasteiger partial charge in [-0.3, -0.25) is 0 Å². The molecule has 2 rings (SSSR count). The minimum atomic E-state index is -3.58. The Morgan fingerprint density at radius 1 is 1.00 bits per heavy atom. The summed E-state index contributed by atoms with van der Waals surface area (Å²) in [5, 5.41) is 3.15. The van der Waals surface area contributed by atoms with Crippen molar-refractivity contribution >= 4 is 27.1 Å². The molecule has 0 unspecified atom stereocenters. The van der Waals surface area contributed by atoms with Crippen molar-refractivity contribution in [3.63, 3.8) is 0 Å². The van der Waals surface area contributed by atoms with E-state index in [1.165, 1.54) is 13.1 Å². The van der Waals surface area contributed by atoms with Crippen LogP contribution in [0.15, 0.2) is 41.3 Å². The lowest BCUT2D eigenvalue weighted by molar-refractivity contribution is 0.588. The quantitative estimate of drug-likeness (QED) is 0.758. The molecule has 4 N–H and O–H groups in total. The van der Waals surface area contributed by atoms with Crippen LogP contribution in [0.4, 0.5) is 17.1 Å². The number of hydrogen-bond acceptors (Lipinski definition) is 4. The van der Waals surface area contributed by atoms with E-state index in [4.69, 9.17) is 5.73 Å². The summed E-state index contributed by atoms with van der Waals surface area (Å²) in [5.41, 5.74) is 9.63. The van der Waals surface area contributed by atoms with Gasteiger partial charge in [0.05, 0.1) is 5.69 Å². The first-order chi connectivity index (χ1) is 9.81. The molecular weight excluding hydrogens is 286 g/mol. The first-order valence-corrected chi connectivity index (χ1v) is 7.98. The number of aryl methyl sites for hydroxylation is 2. The molecule has 2 aromatic rings. The molecule has 0 aliphatic carbocycles. The minimum absolute atomic E-state index is 0.129. The fourth-order valence-electron chi connectivity index (χ4n) is 2.18. The maximum atomic E-state index is 12.1. The van der Waals surface area contributed by atoms with E-state index in [-0.39, 0.29) is 4.90 Å². The molecule has 0 aliphatic heterocycles. The largest absolute Gasteiger partial charge is 0.399 e. The Kier molecular flexibility index (Phi) is 4.20. The molecule has 0 radical (unpaired) electrons. The molecule has 0 aliphatic rings. The van der Waals surface area contributed by atoms with Gasteiger partial charge >= 0.3 is 0 Å². The van der Waals surface area contributed by atoms with Gasteiger partial charge in [-0.1, -0.05) is 6.07 Å². The second-order valence-electron chi connectivity index (χ2n) is 4.96. The van der Waals surface area contributed by atoms with Crippen LogP contribution in [0.3, 0.4) is 0 Å². The number of nitrogens with two attached hydrogens (primary N) is 1. The van der Waals surface area contributed by atoms with Gasteiger partial charge in [-0.15, -0.1) is 0 Å². The molecule has 0 bridgehead atoms. The lowest BCUT2D eigenvalue weighted by atomic mass is 10.1. The van der Waals surface area contributed by atoms with Crippen LogP contribution in [-0.4, -0.2) is 15.5 Å². The van der Waals surface area contributed by atoms with E-state index in [1.54, 1.807) is 12.1 Å². The van der Waals surface area contributed by atoms with E-state index in [9.17, 15) is 8.42 Å². The topological polar surface area (TPSA) is 84.2 Å². The maximum Gasteiger partial charge on any atom is 0.242 e. The maximum absolute atomic E-state index is 12.1. The fourth-order valence-corrected chi connectivity index (χ4v) is 3.10. The molecule has 2 aromatic carbocycles. The van der Waals surface area contributed by atoms with E-state index in [2.05, 4.69) is 16.1 Å². The molecule has 6 heteroatoms. The van der Waals surface area contributed by atoms with Gasteiger partial charge in [0.15, 0.2) is 0 Å². The lowest BCUT2D eigenvalue weighted by Crippen LogP contribution is -2.20. The van der Waals surface area contributed by atoms with Gasteiger partial charge in [-0.25, -0.2) is 13.1 Å². The number of nitrogen functional groups attached to an aromatic ring is 1. The van der Waals surface area contributed by atoms with Crippen molar-refractivity contribution in [2.45, 2.75) is 18.7 Å². The van der Waals surface area contributed by atoms with Crippen LogP contribution in [0.1, 0.15) is 11.1 Å². The van der Waals surface area contributed by atoms with E-state index in [0.717, 1.165) is 16.8 Å². The van der Waals surface area contributed by atoms with Gasteiger partial charge in [0.2, 0.25) is 10.0 Å². The third-order valence-electron chi connectivity index (χ3n) is 3.06. The van der Waals surface area contributed by atoms with E-state index < -0.39 is 10.0 Å². The Morgan fingerprint density at radius 2 is 1.62 bits per heavy atom. The standard InChI is InChI=1S/C15H19N3O2S/c1-10-6-11(2)8-13(7-10)18-14-5-4-12(16)9-15(14)21(19,20)17-3/h4-9,17-18H,16H2,1-3H3. The van der Waals surface area contributed by atoms with Crippen molar-refractivity contribution in [3.8, 4) is 0 Å². The normalized spacial score (nSPS) is 11.4. The second kappa shape index (κ2) is 5.75. The van der Waals surface area contributed by atoms with Crippen LogP contribution < -0.4 is 15.8 Å². The average Bonchev–Trinajstić information content (AvgIpc) is 2.39. The molecule has 0 heterocycles. The van der Waals surface area contributed by atoms with Crippen LogP contribution >= 0.6 is 0 Å². The Morgan fingerprint density at radius 3 is 2.19 bits per heavy atom. The van der Waals surface area contributed by atoms with Crippen LogP contribution in [0.5, 0.6) is 0 Å².